The minimum absolute atomic E-state index is 0.0121. The van der Waals surface area contributed by atoms with Crippen molar-refractivity contribution in [3.05, 3.63) is 64.7 Å². The van der Waals surface area contributed by atoms with Gasteiger partial charge in [0.1, 0.15) is 33.1 Å². The first-order chi connectivity index (χ1) is 22.5. The number of carbonyl (C=O) groups excluding carboxylic acids is 2. The van der Waals surface area contributed by atoms with Crippen molar-refractivity contribution in [3.8, 4) is 5.75 Å². The molecule has 2 bridgehead atoms. The van der Waals surface area contributed by atoms with E-state index in [0.717, 1.165) is 32.1 Å². The van der Waals surface area contributed by atoms with Crippen LogP contribution in [0.3, 0.4) is 0 Å². The molecule has 6 rings (SSSR count). The Balaban J connectivity index is 1.46. The second kappa shape index (κ2) is 12.6. The van der Waals surface area contributed by atoms with E-state index in [2.05, 4.69) is 15.7 Å². The fourth-order valence-corrected chi connectivity index (χ4v) is 8.97. The van der Waals surface area contributed by atoms with E-state index in [4.69, 9.17) is 25.8 Å². The van der Waals surface area contributed by atoms with Gasteiger partial charge >= 0.3 is 6.09 Å². The number of hydrogen-bond donors (Lipinski definition) is 1. The van der Waals surface area contributed by atoms with Crippen molar-refractivity contribution in [3.63, 3.8) is 0 Å². The Morgan fingerprint density at radius 2 is 1.92 bits per heavy atom. The van der Waals surface area contributed by atoms with Gasteiger partial charge in [-0.2, -0.15) is 0 Å². The van der Waals surface area contributed by atoms with Crippen LogP contribution in [0.1, 0.15) is 50.7 Å². The van der Waals surface area contributed by atoms with Crippen LogP contribution in [0.2, 0.25) is 5.02 Å². The maximum absolute atomic E-state index is 13.7. The molecule has 1 fully saturated rings. The van der Waals surface area contributed by atoms with Crippen LogP contribution < -0.4 is 14.4 Å². The minimum Gasteiger partial charge on any atom is -0.490 e. The van der Waals surface area contributed by atoms with Gasteiger partial charge in [-0.1, -0.05) is 23.7 Å². The highest BCUT2D eigenvalue weighted by Gasteiger charge is 2.46. The molecule has 256 valence electrons. The van der Waals surface area contributed by atoms with Crippen molar-refractivity contribution in [1.82, 2.24) is 9.62 Å². The minimum atomic E-state index is -4.26. The van der Waals surface area contributed by atoms with Gasteiger partial charge in [-0.05, 0) is 99.4 Å². The fraction of sp³-hybridized carbons (Fsp3) is 0.529. The van der Waals surface area contributed by atoms with E-state index in [0.29, 0.717) is 36.2 Å². The number of ether oxygens (including phenoxy) is 3. The van der Waals surface area contributed by atoms with Crippen LogP contribution in [-0.2, 0) is 36.1 Å². The van der Waals surface area contributed by atoms with Crippen LogP contribution in [0.4, 0.5) is 10.5 Å². The maximum atomic E-state index is 13.7. The number of sulfonamides is 1. The van der Waals surface area contributed by atoms with E-state index in [1.807, 2.05) is 18.2 Å². The highest BCUT2D eigenvalue weighted by atomic mass is 35.5. The molecule has 14 heteroatoms. The Hall–Kier alpha value is -3.15. The number of benzene rings is 2. The molecule has 2 amide bonds. The highest BCUT2D eigenvalue weighted by molar-refractivity contribution is 7.90. The topological polar surface area (TPSA) is 114 Å². The molecule has 0 saturated heterocycles. The van der Waals surface area contributed by atoms with Crippen LogP contribution in [-0.4, -0.2) is 91.9 Å². The van der Waals surface area contributed by atoms with Crippen LogP contribution in [0.15, 0.2) is 53.4 Å². The number of carbonyl (C=O) groups is 2. The summed E-state index contributed by atoms with van der Waals surface area (Å²) in [6.45, 7) is 4.68. The Bertz CT molecular complexity index is 1750. The van der Waals surface area contributed by atoms with Gasteiger partial charge in [0.25, 0.3) is 15.9 Å². The molecule has 2 aliphatic heterocycles. The van der Waals surface area contributed by atoms with E-state index < -0.39 is 39.1 Å². The zero-order valence-corrected chi connectivity index (χ0v) is 30.1. The summed E-state index contributed by atoms with van der Waals surface area (Å²) in [5.41, 5.74) is 1.19. The molecule has 2 heterocycles. The number of halogens is 1. The smallest absolute Gasteiger partial charge is 0.409 e. The maximum Gasteiger partial charge on any atom is 0.409 e. The first-order valence-electron chi connectivity index (χ1n) is 16.6. The molecule has 0 radical (unpaired) electrons. The van der Waals surface area contributed by atoms with Crippen molar-refractivity contribution in [2.75, 3.05) is 38.7 Å². The number of fused-ring (bicyclic) bond motifs is 4. The second-order valence-electron chi connectivity index (χ2n) is 15.0. The van der Waals surface area contributed by atoms with Crippen LogP contribution >= 0.6 is 11.6 Å². The average molecular weight is 696 g/mol. The molecule has 1 N–H and O–H groups in total. The summed E-state index contributed by atoms with van der Waals surface area (Å²) in [4.78, 5) is 30.0. The lowest BCUT2D eigenvalue weighted by atomic mass is 9.63. The highest BCUT2D eigenvalue weighted by Crippen LogP contribution is 2.47. The standard InChI is InChI=1S/C34H44B2ClN3O7S/c1-32(2)30(41)38-48(43,44)24-9-12-29-27(17-24)40(19-33(20-45-29)14-5-6-21-16-23(37)8-11-26(21)33)18-22-7-10-25(22)28(46-31(42)39(3)4)13-15-34(35,36)47-32/h8-9,11-13,15-17,22,25,28H,5-7,10,14,18-20,35-36H2,1-4H3,(H,38,41)/b15-13+/t22-,25+,28-,33-/m0/s1. The van der Waals surface area contributed by atoms with Gasteiger partial charge in [-0.15, -0.1) is 0 Å². The zero-order chi connectivity index (χ0) is 34.6. The second-order valence-corrected chi connectivity index (χ2v) is 17.1. The predicted octanol–water partition coefficient (Wildman–Crippen LogP) is 3.00. The molecule has 2 aromatic rings. The molecular weight excluding hydrogens is 652 g/mol. The van der Waals surface area contributed by atoms with Gasteiger partial charge in [-0.3, -0.25) is 4.79 Å². The molecule has 1 spiro atoms. The third-order valence-electron chi connectivity index (χ3n) is 10.3. The molecule has 1 saturated carbocycles. The van der Waals surface area contributed by atoms with E-state index >= 15 is 0 Å². The third kappa shape index (κ3) is 6.83. The Morgan fingerprint density at radius 1 is 1.15 bits per heavy atom. The Kier molecular flexibility index (Phi) is 9.13. The molecule has 2 aromatic carbocycles. The number of rotatable bonds is 1. The van der Waals surface area contributed by atoms with Crippen LogP contribution in [0.5, 0.6) is 5.75 Å². The number of hydrogen-bond acceptors (Lipinski definition) is 8. The van der Waals surface area contributed by atoms with E-state index in [1.54, 1.807) is 48.0 Å². The normalized spacial score (nSPS) is 29.5. The van der Waals surface area contributed by atoms with Crippen molar-refractivity contribution >= 4 is 55.0 Å². The summed E-state index contributed by atoms with van der Waals surface area (Å²) in [6, 6.07) is 10.8. The first kappa shape index (κ1) is 34.7. The van der Waals surface area contributed by atoms with Crippen LogP contribution in [0.25, 0.3) is 0 Å². The summed E-state index contributed by atoms with van der Waals surface area (Å²) in [7, 11) is 2.62. The first-order valence-corrected chi connectivity index (χ1v) is 18.5. The summed E-state index contributed by atoms with van der Waals surface area (Å²) in [5, 5.41) is -0.296. The molecule has 0 aromatic heterocycles. The monoisotopic (exact) mass is 695 g/mol. The lowest BCUT2D eigenvalue weighted by Crippen LogP contribution is -2.52. The van der Waals surface area contributed by atoms with Crippen molar-refractivity contribution in [2.45, 2.75) is 73.4 Å². The van der Waals surface area contributed by atoms with Crippen LogP contribution in [0, 0.1) is 11.8 Å². The number of nitrogens with one attached hydrogen (secondary N) is 1. The summed E-state index contributed by atoms with van der Waals surface area (Å²) in [6.07, 6.45) is 7.25. The molecule has 0 unspecified atom stereocenters. The number of amides is 2. The average Bonchev–Trinajstić information content (AvgIpc) is 3.13. The van der Waals surface area contributed by atoms with Crippen molar-refractivity contribution in [2.24, 2.45) is 11.8 Å². The number of aryl methyl sites for hydroxylation is 1. The van der Waals surface area contributed by atoms with E-state index in [-0.39, 0.29) is 22.1 Å². The molecule has 10 nitrogen and oxygen atoms in total. The van der Waals surface area contributed by atoms with Crippen molar-refractivity contribution in [1.29, 1.82) is 0 Å². The number of anilines is 1. The van der Waals surface area contributed by atoms with Gasteiger partial charge in [-0.25, -0.2) is 17.9 Å². The quantitative estimate of drug-likeness (QED) is 0.358. The SMILES string of the molecule is BC1(B)/C=C/[C@H](OC(=O)N(C)C)[C@@H]2CC[C@H]2CN2C[C@@]3(CCCc4cc(Cl)ccc43)COc3ccc(cc32)S(=O)(=O)NC(=O)C(C)(C)O1. The lowest BCUT2D eigenvalue weighted by molar-refractivity contribution is -0.143. The third-order valence-corrected chi connectivity index (χ3v) is 11.8. The van der Waals surface area contributed by atoms with Gasteiger partial charge in [0, 0.05) is 48.9 Å². The van der Waals surface area contributed by atoms with E-state index in [1.165, 1.54) is 35.9 Å². The molecule has 2 aliphatic carbocycles. The van der Waals surface area contributed by atoms with Gasteiger partial charge in [0.05, 0.1) is 17.2 Å². The summed E-state index contributed by atoms with van der Waals surface area (Å²) >= 11 is 6.43. The molecular formula is C34H44B2ClN3O7S. The van der Waals surface area contributed by atoms with Gasteiger partial charge in [0.2, 0.25) is 0 Å². The molecule has 4 atom stereocenters. The largest absolute Gasteiger partial charge is 0.490 e. The van der Waals surface area contributed by atoms with Crippen molar-refractivity contribution < 1.29 is 32.2 Å². The van der Waals surface area contributed by atoms with E-state index in [9.17, 15) is 18.0 Å². The number of nitrogens with zero attached hydrogens (tertiary/aromatic N) is 2. The molecule has 48 heavy (non-hydrogen) atoms. The Morgan fingerprint density at radius 3 is 2.62 bits per heavy atom. The summed E-state index contributed by atoms with van der Waals surface area (Å²) in [5.74, 6) is -0.0707. The molecule has 4 aliphatic rings. The Labute approximate surface area is 290 Å². The zero-order valence-electron chi connectivity index (χ0n) is 28.5. The van der Waals surface area contributed by atoms with Gasteiger partial charge < -0.3 is 24.0 Å². The fourth-order valence-electron chi connectivity index (χ4n) is 7.66. The van der Waals surface area contributed by atoms with Gasteiger partial charge in [0.15, 0.2) is 0 Å². The predicted molar refractivity (Wildman–Crippen MR) is 190 cm³/mol. The lowest BCUT2D eigenvalue weighted by Gasteiger charge is -2.46. The summed E-state index contributed by atoms with van der Waals surface area (Å²) < 4.78 is 48.5.